The lowest BCUT2D eigenvalue weighted by Crippen LogP contribution is -2.17. The van der Waals surface area contributed by atoms with Crippen LogP contribution >= 0.6 is 0 Å². The number of nitro benzene ring substituents is 1. The second-order valence-corrected chi connectivity index (χ2v) is 5.77. The first-order valence-corrected chi connectivity index (χ1v) is 8.49. The van der Waals surface area contributed by atoms with Gasteiger partial charge in [-0.3, -0.25) is 14.9 Å². The maximum Gasteiger partial charge on any atom is 0.343 e. The van der Waals surface area contributed by atoms with E-state index in [0.717, 1.165) is 6.21 Å². The van der Waals surface area contributed by atoms with E-state index in [1.807, 2.05) is 0 Å². The molecule has 3 rings (SSSR count). The first-order valence-electron chi connectivity index (χ1n) is 8.49. The van der Waals surface area contributed by atoms with E-state index in [2.05, 4.69) is 10.5 Å². The highest BCUT2D eigenvalue weighted by Crippen LogP contribution is 2.24. The van der Waals surface area contributed by atoms with Crippen molar-refractivity contribution in [2.75, 3.05) is 7.11 Å². The van der Waals surface area contributed by atoms with Crippen LogP contribution in [0.5, 0.6) is 11.5 Å². The number of nitro groups is 1. The van der Waals surface area contributed by atoms with Gasteiger partial charge in [0.2, 0.25) is 0 Å². The van der Waals surface area contributed by atoms with Crippen LogP contribution in [0.4, 0.5) is 5.69 Å². The number of ether oxygens (including phenoxy) is 2. The van der Waals surface area contributed by atoms with E-state index in [1.54, 1.807) is 12.1 Å². The van der Waals surface area contributed by atoms with Crippen molar-refractivity contribution in [1.82, 2.24) is 5.43 Å². The third-order valence-electron chi connectivity index (χ3n) is 3.85. The smallest absolute Gasteiger partial charge is 0.343 e. The van der Waals surface area contributed by atoms with Crippen molar-refractivity contribution < 1.29 is 28.4 Å². The summed E-state index contributed by atoms with van der Waals surface area (Å²) in [6.45, 7) is 0. The summed E-state index contributed by atoms with van der Waals surface area (Å²) in [6.07, 6.45) is 2.46. The molecule has 0 saturated carbocycles. The van der Waals surface area contributed by atoms with Crippen molar-refractivity contribution in [3.05, 3.63) is 87.9 Å². The molecule has 1 N–H and O–H groups in total. The number of hydrogen-bond donors (Lipinski definition) is 1. The van der Waals surface area contributed by atoms with E-state index in [-0.39, 0.29) is 28.3 Å². The number of amides is 1. The van der Waals surface area contributed by atoms with Crippen LogP contribution in [0.15, 0.2) is 70.4 Å². The number of methoxy groups -OCH3 is 1. The number of furan rings is 1. The monoisotopic (exact) mass is 409 g/mol. The Morgan fingerprint density at radius 2 is 1.93 bits per heavy atom. The van der Waals surface area contributed by atoms with Gasteiger partial charge in [0.1, 0.15) is 11.5 Å². The summed E-state index contributed by atoms with van der Waals surface area (Å²) in [5, 5.41) is 14.8. The Labute approximate surface area is 169 Å². The number of carbonyl (C=O) groups is 2. The number of hydrazone groups is 1. The summed E-state index contributed by atoms with van der Waals surface area (Å²) >= 11 is 0. The van der Waals surface area contributed by atoms with Gasteiger partial charge in [-0.1, -0.05) is 0 Å². The number of benzene rings is 2. The van der Waals surface area contributed by atoms with Crippen molar-refractivity contribution in [2.45, 2.75) is 0 Å². The van der Waals surface area contributed by atoms with Gasteiger partial charge in [0.15, 0.2) is 5.76 Å². The van der Waals surface area contributed by atoms with Crippen LogP contribution < -0.4 is 14.9 Å². The van der Waals surface area contributed by atoms with Crippen LogP contribution in [-0.4, -0.2) is 30.1 Å². The number of esters is 1. The molecule has 0 saturated heterocycles. The molecule has 0 aliphatic carbocycles. The standard InChI is InChI=1S/C20H15N3O7/c1-28-16-7-4-13(5-8-16)20(25)30-17-9-6-15(23(26)27)11-14(17)12-21-22-19(24)18-3-2-10-29-18/h2-12H,1H3,(H,22,24)/b21-12+. The molecule has 30 heavy (non-hydrogen) atoms. The molecule has 0 aliphatic rings. The van der Waals surface area contributed by atoms with E-state index in [9.17, 15) is 19.7 Å². The predicted molar refractivity (Wildman–Crippen MR) is 105 cm³/mol. The summed E-state index contributed by atoms with van der Waals surface area (Å²) in [7, 11) is 1.50. The average Bonchev–Trinajstić information content (AvgIpc) is 3.29. The van der Waals surface area contributed by atoms with Crippen LogP contribution in [0.25, 0.3) is 0 Å². The maximum atomic E-state index is 12.4. The normalized spacial score (nSPS) is 10.6. The third kappa shape index (κ3) is 4.87. The molecule has 10 heteroatoms. The van der Waals surface area contributed by atoms with Gasteiger partial charge in [0, 0.05) is 17.7 Å². The minimum atomic E-state index is -0.680. The van der Waals surface area contributed by atoms with Crippen molar-refractivity contribution in [3.63, 3.8) is 0 Å². The zero-order valence-corrected chi connectivity index (χ0v) is 15.6. The van der Waals surface area contributed by atoms with Gasteiger partial charge in [-0.2, -0.15) is 5.10 Å². The summed E-state index contributed by atoms with van der Waals surface area (Å²) in [5.74, 6) is -0.656. The molecule has 0 radical (unpaired) electrons. The molecule has 0 unspecified atom stereocenters. The number of non-ortho nitro benzene ring substituents is 1. The van der Waals surface area contributed by atoms with Crippen molar-refractivity contribution in [1.29, 1.82) is 0 Å². The second kappa shape index (κ2) is 9.15. The van der Waals surface area contributed by atoms with Crippen molar-refractivity contribution >= 4 is 23.8 Å². The first kappa shape index (κ1) is 20.3. The minimum absolute atomic E-state index is 0.0254. The van der Waals surface area contributed by atoms with Crippen LogP contribution in [0.1, 0.15) is 26.5 Å². The molecule has 1 amide bonds. The van der Waals surface area contributed by atoms with E-state index >= 15 is 0 Å². The molecule has 1 aromatic heterocycles. The molecule has 10 nitrogen and oxygen atoms in total. The summed E-state index contributed by atoms with van der Waals surface area (Å²) in [6, 6.07) is 12.8. The molecule has 0 bridgehead atoms. The van der Waals surface area contributed by atoms with Gasteiger partial charge >= 0.3 is 11.9 Å². The Bertz CT molecular complexity index is 1090. The zero-order valence-electron chi connectivity index (χ0n) is 15.6. The Hall–Kier alpha value is -4.47. The fourth-order valence-corrected chi connectivity index (χ4v) is 2.35. The molecule has 0 atom stereocenters. The first-order chi connectivity index (χ1) is 14.5. The average molecular weight is 409 g/mol. The highest BCUT2D eigenvalue weighted by molar-refractivity contribution is 5.95. The van der Waals surface area contributed by atoms with Gasteiger partial charge in [-0.25, -0.2) is 10.2 Å². The molecule has 1 heterocycles. The molecule has 2 aromatic carbocycles. The zero-order chi connectivity index (χ0) is 21.5. The highest BCUT2D eigenvalue weighted by Gasteiger charge is 2.15. The topological polar surface area (TPSA) is 133 Å². The third-order valence-corrected chi connectivity index (χ3v) is 3.85. The van der Waals surface area contributed by atoms with Crippen molar-refractivity contribution in [3.8, 4) is 11.5 Å². The fraction of sp³-hybridized carbons (Fsp3) is 0.0500. The molecule has 0 aliphatic heterocycles. The van der Waals surface area contributed by atoms with E-state index in [4.69, 9.17) is 13.9 Å². The molecule has 0 spiro atoms. The van der Waals surface area contributed by atoms with E-state index < -0.39 is 16.8 Å². The summed E-state index contributed by atoms with van der Waals surface area (Å²) in [5.41, 5.74) is 2.35. The molecule has 0 fully saturated rings. The number of nitrogens with one attached hydrogen (secondary N) is 1. The minimum Gasteiger partial charge on any atom is -0.497 e. The van der Waals surface area contributed by atoms with Crippen LogP contribution in [0, 0.1) is 10.1 Å². The summed E-state index contributed by atoms with van der Waals surface area (Å²) < 4.78 is 15.3. The van der Waals surface area contributed by atoms with Gasteiger partial charge in [0.05, 0.1) is 30.1 Å². The molecule has 3 aromatic rings. The van der Waals surface area contributed by atoms with Gasteiger partial charge < -0.3 is 13.9 Å². The molecular weight excluding hydrogens is 394 g/mol. The predicted octanol–water partition coefficient (Wildman–Crippen LogP) is 3.18. The highest BCUT2D eigenvalue weighted by atomic mass is 16.6. The van der Waals surface area contributed by atoms with Crippen molar-refractivity contribution in [2.24, 2.45) is 5.10 Å². The van der Waals surface area contributed by atoms with Crippen LogP contribution in [0.2, 0.25) is 0 Å². The number of rotatable bonds is 7. The molecule has 152 valence electrons. The second-order valence-electron chi connectivity index (χ2n) is 5.77. The lowest BCUT2D eigenvalue weighted by Gasteiger charge is -2.08. The largest absolute Gasteiger partial charge is 0.497 e. The van der Waals surface area contributed by atoms with Gasteiger partial charge in [0.25, 0.3) is 5.69 Å². The van der Waals surface area contributed by atoms with E-state index in [0.29, 0.717) is 5.75 Å². The van der Waals surface area contributed by atoms with Gasteiger partial charge in [-0.15, -0.1) is 0 Å². The number of nitrogens with zero attached hydrogens (tertiary/aromatic N) is 2. The van der Waals surface area contributed by atoms with Crippen LogP contribution in [-0.2, 0) is 0 Å². The quantitative estimate of drug-likeness (QED) is 0.208. The Balaban J connectivity index is 1.80. The summed E-state index contributed by atoms with van der Waals surface area (Å²) in [4.78, 5) is 34.7. The van der Waals surface area contributed by atoms with Gasteiger partial charge in [-0.05, 0) is 42.5 Å². The SMILES string of the molecule is COc1ccc(C(=O)Oc2ccc([N+](=O)[O-])cc2/C=N/NC(=O)c2ccco2)cc1. The Kier molecular flexibility index (Phi) is 6.18. The number of carbonyl (C=O) groups excluding carboxylic acids is 2. The Morgan fingerprint density at radius 3 is 2.57 bits per heavy atom. The lowest BCUT2D eigenvalue weighted by molar-refractivity contribution is -0.384. The molecular formula is C20H15N3O7. The fourth-order valence-electron chi connectivity index (χ4n) is 2.35. The van der Waals surface area contributed by atoms with E-state index in [1.165, 1.54) is 55.8 Å². The van der Waals surface area contributed by atoms with Crippen LogP contribution in [0.3, 0.4) is 0 Å². The maximum absolute atomic E-state index is 12.4. The number of hydrogen-bond acceptors (Lipinski definition) is 8. The Morgan fingerprint density at radius 1 is 1.17 bits per heavy atom. The lowest BCUT2D eigenvalue weighted by atomic mass is 10.2.